The average molecular weight is 348 g/mol. The third kappa shape index (κ3) is 4.08. The molecule has 3 rings (SSSR count). The van der Waals surface area contributed by atoms with Crippen molar-refractivity contribution >= 4 is 17.8 Å². The van der Waals surface area contributed by atoms with Gasteiger partial charge < -0.3 is 14.8 Å². The minimum Gasteiger partial charge on any atom is -0.454 e. The van der Waals surface area contributed by atoms with Gasteiger partial charge in [0.05, 0.1) is 6.07 Å². The number of allylic oxidation sites excluding steroid dienone is 1. The Bertz CT molecular complexity index is 884. The molecule has 1 heterocycles. The fourth-order valence-corrected chi connectivity index (χ4v) is 2.43. The lowest BCUT2D eigenvalue weighted by molar-refractivity contribution is -0.129. The third-order valence-corrected chi connectivity index (χ3v) is 3.82. The summed E-state index contributed by atoms with van der Waals surface area (Å²) in [6, 6.07) is 16.2. The summed E-state index contributed by atoms with van der Waals surface area (Å²) in [5.74, 6) is -1.34. The van der Waals surface area contributed by atoms with Crippen LogP contribution in [-0.2, 0) is 16.1 Å². The highest BCUT2D eigenvalue weighted by atomic mass is 16.7. The van der Waals surface area contributed by atoms with E-state index in [2.05, 4.69) is 5.32 Å². The molecule has 1 amide bonds. The molecule has 0 spiro atoms. The van der Waals surface area contributed by atoms with Crippen molar-refractivity contribution in [1.29, 1.82) is 5.26 Å². The Labute approximate surface area is 150 Å². The molecule has 0 radical (unpaired) electrons. The van der Waals surface area contributed by atoms with E-state index < -0.39 is 17.6 Å². The van der Waals surface area contributed by atoms with Crippen LogP contribution in [0.25, 0.3) is 6.08 Å². The molecule has 26 heavy (non-hydrogen) atoms. The highest BCUT2D eigenvalue weighted by Gasteiger charge is 2.24. The zero-order valence-electron chi connectivity index (χ0n) is 13.8. The Morgan fingerprint density at radius 2 is 1.92 bits per heavy atom. The van der Waals surface area contributed by atoms with Crippen molar-refractivity contribution in [3.8, 4) is 17.6 Å². The maximum atomic E-state index is 12.2. The number of amides is 1. The maximum absolute atomic E-state index is 12.2. The summed E-state index contributed by atoms with van der Waals surface area (Å²) in [6.45, 7) is 0.427. The lowest BCUT2D eigenvalue weighted by Crippen LogP contribution is -2.33. The molecule has 0 saturated carbocycles. The Balaban J connectivity index is 1.61. The zero-order chi connectivity index (χ0) is 18.4. The molecule has 6 nitrogen and oxygen atoms in total. The molecule has 1 aliphatic rings. The van der Waals surface area contributed by atoms with Gasteiger partial charge in [-0.05, 0) is 29.3 Å². The molecule has 1 unspecified atom stereocenters. The number of benzene rings is 2. The molecular formula is C20H16N2O4. The van der Waals surface area contributed by atoms with E-state index in [9.17, 15) is 14.9 Å². The van der Waals surface area contributed by atoms with Gasteiger partial charge in [0.25, 0.3) is 0 Å². The Morgan fingerprint density at radius 1 is 1.15 bits per heavy atom. The molecule has 0 bridgehead atoms. The highest BCUT2D eigenvalue weighted by molar-refractivity contribution is 6.10. The molecule has 0 aromatic heterocycles. The van der Waals surface area contributed by atoms with Gasteiger partial charge in [0.2, 0.25) is 12.7 Å². The van der Waals surface area contributed by atoms with Gasteiger partial charge in [-0.3, -0.25) is 9.59 Å². The van der Waals surface area contributed by atoms with Crippen LogP contribution in [0.1, 0.15) is 11.1 Å². The van der Waals surface area contributed by atoms with E-state index in [0.717, 1.165) is 5.56 Å². The van der Waals surface area contributed by atoms with E-state index in [0.29, 0.717) is 17.1 Å². The Hall–Kier alpha value is -3.59. The summed E-state index contributed by atoms with van der Waals surface area (Å²) < 4.78 is 10.5. The van der Waals surface area contributed by atoms with Crippen LogP contribution in [0.3, 0.4) is 0 Å². The van der Waals surface area contributed by atoms with E-state index in [1.807, 2.05) is 30.3 Å². The van der Waals surface area contributed by atoms with Gasteiger partial charge in [0.15, 0.2) is 23.2 Å². The second kappa shape index (κ2) is 7.99. The van der Waals surface area contributed by atoms with Gasteiger partial charge in [-0.15, -0.1) is 0 Å². The number of carbonyl (C=O) groups excluding carboxylic acids is 2. The second-order valence-corrected chi connectivity index (χ2v) is 5.61. The SMILES string of the molecule is N#CC(C(=O)C=Cc1ccc2c(c1)OCO2)C(=O)NCc1ccccc1. The quantitative estimate of drug-likeness (QED) is 0.640. The number of nitrogens with zero attached hydrogens (tertiary/aromatic N) is 1. The molecule has 2 aromatic rings. The van der Waals surface area contributed by atoms with Crippen LogP contribution in [0.5, 0.6) is 11.5 Å². The summed E-state index contributed by atoms with van der Waals surface area (Å²) in [7, 11) is 0. The first-order valence-electron chi connectivity index (χ1n) is 8.00. The Kier molecular flexibility index (Phi) is 5.30. The number of ketones is 1. The predicted molar refractivity (Wildman–Crippen MR) is 94.0 cm³/mol. The van der Waals surface area contributed by atoms with Crippen molar-refractivity contribution in [2.45, 2.75) is 6.54 Å². The van der Waals surface area contributed by atoms with Gasteiger partial charge in [0, 0.05) is 6.54 Å². The Morgan fingerprint density at radius 3 is 2.69 bits per heavy atom. The topological polar surface area (TPSA) is 88.4 Å². The molecule has 6 heteroatoms. The van der Waals surface area contributed by atoms with E-state index in [1.54, 1.807) is 30.3 Å². The van der Waals surface area contributed by atoms with E-state index in [-0.39, 0.29) is 13.3 Å². The van der Waals surface area contributed by atoms with Crippen molar-refractivity contribution in [2.75, 3.05) is 6.79 Å². The van der Waals surface area contributed by atoms with Crippen molar-refractivity contribution in [3.05, 3.63) is 65.7 Å². The number of fused-ring (bicyclic) bond motifs is 1. The first kappa shape index (κ1) is 17.2. The van der Waals surface area contributed by atoms with Crippen LogP contribution in [0, 0.1) is 17.2 Å². The number of carbonyl (C=O) groups is 2. The molecule has 0 fully saturated rings. The number of ether oxygens (including phenoxy) is 2. The molecule has 1 atom stereocenters. The summed E-state index contributed by atoms with van der Waals surface area (Å²) in [5, 5.41) is 11.8. The summed E-state index contributed by atoms with van der Waals surface area (Å²) in [5.41, 5.74) is 1.60. The van der Waals surface area contributed by atoms with Crippen LogP contribution >= 0.6 is 0 Å². The van der Waals surface area contributed by atoms with Gasteiger partial charge in [-0.1, -0.05) is 42.5 Å². The highest BCUT2D eigenvalue weighted by Crippen LogP contribution is 2.32. The lowest BCUT2D eigenvalue weighted by atomic mass is 10.0. The van der Waals surface area contributed by atoms with Crippen LogP contribution in [0.15, 0.2) is 54.6 Å². The molecule has 0 aliphatic carbocycles. The lowest BCUT2D eigenvalue weighted by Gasteiger charge is -2.08. The minimum atomic E-state index is -1.39. The fourth-order valence-electron chi connectivity index (χ4n) is 2.43. The first-order chi connectivity index (χ1) is 12.7. The summed E-state index contributed by atoms with van der Waals surface area (Å²) in [6.07, 6.45) is 2.77. The van der Waals surface area contributed by atoms with Gasteiger partial charge in [-0.25, -0.2) is 0 Å². The number of nitrogens with one attached hydrogen (secondary N) is 1. The minimum absolute atomic E-state index is 0.166. The van der Waals surface area contributed by atoms with Crippen LogP contribution in [0.2, 0.25) is 0 Å². The first-order valence-corrected chi connectivity index (χ1v) is 8.00. The van der Waals surface area contributed by atoms with E-state index >= 15 is 0 Å². The van der Waals surface area contributed by atoms with Crippen molar-refractivity contribution < 1.29 is 19.1 Å². The van der Waals surface area contributed by atoms with E-state index in [4.69, 9.17) is 9.47 Å². The summed E-state index contributed by atoms with van der Waals surface area (Å²) in [4.78, 5) is 24.3. The van der Waals surface area contributed by atoms with Gasteiger partial charge >= 0.3 is 0 Å². The van der Waals surface area contributed by atoms with Crippen LogP contribution < -0.4 is 14.8 Å². The standard InChI is InChI=1S/C20H16N2O4/c21-11-16(20(24)22-12-15-4-2-1-3-5-15)17(23)8-6-14-7-9-18-19(10-14)26-13-25-18/h1-10,16H,12-13H2,(H,22,24). The molecule has 130 valence electrons. The van der Waals surface area contributed by atoms with Gasteiger partial charge in [0.1, 0.15) is 0 Å². The number of nitriles is 1. The molecular weight excluding hydrogens is 332 g/mol. The normalized spacial score (nSPS) is 13.2. The maximum Gasteiger partial charge on any atom is 0.245 e. The van der Waals surface area contributed by atoms with Crippen LogP contribution in [-0.4, -0.2) is 18.5 Å². The van der Waals surface area contributed by atoms with Crippen molar-refractivity contribution in [1.82, 2.24) is 5.32 Å². The largest absolute Gasteiger partial charge is 0.454 e. The second-order valence-electron chi connectivity index (χ2n) is 5.61. The predicted octanol–water partition coefficient (Wildman–Crippen LogP) is 2.45. The molecule has 1 N–H and O–H groups in total. The smallest absolute Gasteiger partial charge is 0.245 e. The van der Waals surface area contributed by atoms with Crippen LogP contribution in [0.4, 0.5) is 0 Å². The number of hydrogen-bond donors (Lipinski definition) is 1. The zero-order valence-corrected chi connectivity index (χ0v) is 13.8. The van der Waals surface area contributed by atoms with Gasteiger partial charge in [-0.2, -0.15) is 5.26 Å². The number of hydrogen-bond acceptors (Lipinski definition) is 5. The summed E-state index contributed by atoms with van der Waals surface area (Å²) >= 11 is 0. The third-order valence-electron chi connectivity index (χ3n) is 3.82. The molecule has 2 aromatic carbocycles. The van der Waals surface area contributed by atoms with Crippen molar-refractivity contribution in [3.63, 3.8) is 0 Å². The van der Waals surface area contributed by atoms with E-state index in [1.165, 1.54) is 6.08 Å². The van der Waals surface area contributed by atoms with Crippen molar-refractivity contribution in [2.24, 2.45) is 5.92 Å². The molecule has 0 saturated heterocycles. The fraction of sp³-hybridized carbons (Fsp3) is 0.150. The molecule has 1 aliphatic heterocycles. The number of rotatable bonds is 6. The monoisotopic (exact) mass is 348 g/mol. The average Bonchev–Trinajstić information content (AvgIpc) is 3.14.